The van der Waals surface area contributed by atoms with Crippen LogP contribution in [-0.2, 0) is 9.53 Å². The Bertz CT molecular complexity index is 245. The summed E-state index contributed by atoms with van der Waals surface area (Å²) in [5.41, 5.74) is 0. The van der Waals surface area contributed by atoms with Crippen LogP contribution in [0.5, 0.6) is 0 Å². The van der Waals surface area contributed by atoms with Gasteiger partial charge in [0.15, 0.2) is 0 Å². The number of carbonyl (C=O) groups excluding carboxylic acids is 1. The summed E-state index contributed by atoms with van der Waals surface area (Å²) < 4.78 is 5.25. The Hall–Kier alpha value is -1.34. The molecule has 1 rings (SSSR count). The van der Waals surface area contributed by atoms with Crippen molar-refractivity contribution >= 4 is 12.0 Å². The number of amides is 2. The molecule has 1 fully saturated rings. The Balaban J connectivity index is 2.30. The molecule has 1 heterocycles. The lowest BCUT2D eigenvalue weighted by Gasteiger charge is -2.30. The molecule has 7 nitrogen and oxygen atoms in total. The maximum Gasteiger partial charge on any atom is 0.407 e. The number of morpholine rings is 1. The number of hydrogen-bond acceptors (Lipinski definition) is 4. The van der Waals surface area contributed by atoms with Gasteiger partial charge in [0, 0.05) is 13.1 Å². The molecule has 7 heteroatoms. The van der Waals surface area contributed by atoms with Gasteiger partial charge in [0.2, 0.25) is 5.91 Å². The van der Waals surface area contributed by atoms with E-state index in [-0.39, 0.29) is 19.2 Å². The number of nitrogens with one attached hydrogen (secondary N) is 1. The van der Waals surface area contributed by atoms with Gasteiger partial charge in [-0.05, 0) is 0 Å². The molecule has 1 aliphatic heterocycles. The third kappa shape index (κ3) is 3.72. The maximum atomic E-state index is 10.7. The third-order valence-electron chi connectivity index (χ3n) is 2.08. The van der Waals surface area contributed by atoms with Crippen LogP contribution in [0.25, 0.3) is 0 Å². The second kappa shape index (κ2) is 5.52. The largest absolute Gasteiger partial charge is 0.465 e. The number of hydrogen-bond donors (Lipinski definition) is 3. The Morgan fingerprint density at radius 2 is 2.27 bits per heavy atom. The van der Waals surface area contributed by atoms with Crippen molar-refractivity contribution in [3.8, 4) is 0 Å². The van der Waals surface area contributed by atoms with Crippen molar-refractivity contribution in [1.82, 2.24) is 10.2 Å². The number of rotatable bonds is 3. The summed E-state index contributed by atoms with van der Waals surface area (Å²) in [6, 6.07) is 0. The first kappa shape index (κ1) is 11.7. The topological polar surface area (TPSA) is 99.1 Å². The third-order valence-corrected chi connectivity index (χ3v) is 2.08. The maximum absolute atomic E-state index is 10.7. The lowest BCUT2D eigenvalue weighted by atomic mass is 10.3. The molecule has 1 saturated heterocycles. The molecular weight excluding hydrogens is 204 g/mol. The van der Waals surface area contributed by atoms with Crippen LogP contribution in [0.15, 0.2) is 0 Å². The Morgan fingerprint density at radius 1 is 1.53 bits per heavy atom. The van der Waals surface area contributed by atoms with E-state index in [1.165, 1.54) is 4.90 Å². The van der Waals surface area contributed by atoms with E-state index in [1.807, 2.05) is 0 Å². The highest BCUT2D eigenvalue weighted by molar-refractivity contribution is 5.76. The van der Waals surface area contributed by atoms with Crippen molar-refractivity contribution in [2.24, 2.45) is 0 Å². The summed E-state index contributed by atoms with van der Waals surface area (Å²) in [6.07, 6.45) is -1.33. The zero-order valence-electron chi connectivity index (χ0n) is 8.18. The molecule has 86 valence electrons. The lowest BCUT2D eigenvalue weighted by Crippen LogP contribution is -2.49. The smallest absolute Gasteiger partial charge is 0.407 e. The van der Waals surface area contributed by atoms with E-state index in [4.69, 9.17) is 14.9 Å². The van der Waals surface area contributed by atoms with E-state index >= 15 is 0 Å². The Kier molecular flexibility index (Phi) is 4.32. The summed E-state index contributed by atoms with van der Waals surface area (Å²) in [5, 5.41) is 19.6. The fourth-order valence-electron chi connectivity index (χ4n) is 1.30. The standard InChI is InChI=1S/C8H14N2O5/c11-5-7(12)9-3-6-4-10(8(13)14)1-2-15-6/h6,11H,1-5H2,(H,9,12)(H,13,14)/t6-/m1/s1. The van der Waals surface area contributed by atoms with Crippen molar-refractivity contribution in [2.75, 3.05) is 32.8 Å². The molecule has 15 heavy (non-hydrogen) atoms. The SMILES string of the molecule is O=C(CO)NC[C@@H]1CN(C(=O)O)CCO1. The number of nitrogens with zero attached hydrogens (tertiary/aromatic N) is 1. The van der Waals surface area contributed by atoms with Crippen LogP contribution in [0, 0.1) is 0 Å². The van der Waals surface area contributed by atoms with Crippen LogP contribution in [-0.4, -0.2) is 66.1 Å². The molecule has 0 saturated carbocycles. The number of aliphatic hydroxyl groups is 1. The van der Waals surface area contributed by atoms with Gasteiger partial charge < -0.3 is 25.2 Å². The summed E-state index contributed by atoms with van der Waals surface area (Å²) in [6.45, 7) is 0.547. The lowest BCUT2D eigenvalue weighted by molar-refractivity contribution is -0.124. The quantitative estimate of drug-likeness (QED) is 0.534. The Morgan fingerprint density at radius 3 is 2.87 bits per heavy atom. The molecule has 0 aromatic rings. The summed E-state index contributed by atoms with van der Waals surface area (Å²) in [5.74, 6) is -0.494. The van der Waals surface area contributed by atoms with E-state index in [1.54, 1.807) is 0 Å². The molecule has 1 atom stereocenters. The predicted octanol–water partition coefficient (Wildman–Crippen LogP) is -1.53. The number of aliphatic hydroxyl groups excluding tert-OH is 1. The average molecular weight is 218 g/mol. The minimum Gasteiger partial charge on any atom is -0.465 e. The fourth-order valence-corrected chi connectivity index (χ4v) is 1.30. The molecule has 0 bridgehead atoms. The minimum atomic E-state index is -0.989. The molecule has 2 amide bonds. The van der Waals surface area contributed by atoms with Gasteiger partial charge in [-0.2, -0.15) is 0 Å². The molecule has 0 unspecified atom stereocenters. The highest BCUT2D eigenvalue weighted by Crippen LogP contribution is 2.04. The van der Waals surface area contributed by atoms with Gasteiger partial charge in [0.25, 0.3) is 0 Å². The zero-order chi connectivity index (χ0) is 11.3. The van der Waals surface area contributed by atoms with Gasteiger partial charge in [0.1, 0.15) is 6.61 Å². The molecule has 0 radical (unpaired) electrons. The van der Waals surface area contributed by atoms with Crippen LogP contribution in [0.2, 0.25) is 0 Å². The second-order valence-corrected chi connectivity index (χ2v) is 3.18. The van der Waals surface area contributed by atoms with Gasteiger partial charge in [-0.25, -0.2) is 4.79 Å². The molecule has 0 aliphatic carbocycles. The van der Waals surface area contributed by atoms with Gasteiger partial charge in [-0.1, -0.05) is 0 Å². The molecule has 0 spiro atoms. The first-order valence-corrected chi connectivity index (χ1v) is 4.60. The molecule has 1 aliphatic rings. The van der Waals surface area contributed by atoms with Gasteiger partial charge in [-0.15, -0.1) is 0 Å². The van der Waals surface area contributed by atoms with Crippen molar-refractivity contribution in [3.63, 3.8) is 0 Å². The molecule has 3 N–H and O–H groups in total. The highest BCUT2D eigenvalue weighted by atomic mass is 16.5. The number of carboxylic acid groups (broad SMARTS) is 1. The van der Waals surface area contributed by atoms with Crippen molar-refractivity contribution < 1.29 is 24.5 Å². The summed E-state index contributed by atoms with van der Waals surface area (Å²) in [4.78, 5) is 22.6. The fraction of sp³-hybridized carbons (Fsp3) is 0.750. The second-order valence-electron chi connectivity index (χ2n) is 3.18. The number of carbonyl (C=O) groups is 2. The zero-order valence-corrected chi connectivity index (χ0v) is 8.18. The van der Waals surface area contributed by atoms with Crippen molar-refractivity contribution in [3.05, 3.63) is 0 Å². The highest BCUT2D eigenvalue weighted by Gasteiger charge is 2.23. The summed E-state index contributed by atoms with van der Waals surface area (Å²) in [7, 11) is 0. The summed E-state index contributed by atoms with van der Waals surface area (Å²) >= 11 is 0. The van der Waals surface area contributed by atoms with E-state index in [0.29, 0.717) is 13.2 Å². The van der Waals surface area contributed by atoms with Crippen molar-refractivity contribution in [2.45, 2.75) is 6.10 Å². The van der Waals surface area contributed by atoms with Gasteiger partial charge in [0.05, 0.1) is 19.3 Å². The minimum absolute atomic E-state index is 0.211. The Labute approximate surface area is 86.6 Å². The average Bonchev–Trinajstić information content (AvgIpc) is 2.26. The van der Waals surface area contributed by atoms with E-state index in [0.717, 1.165) is 0 Å². The van der Waals surface area contributed by atoms with Crippen LogP contribution in [0.3, 0.4) is 0 Å². The van der Waals surface area contributed by atoms with E-state index < -0.39 is 18.6 Å². The predicted molar refractivity (Wildman–Crippen MR) is 49.4 cm³/mol. The van der Waals surface area contributed by atoms with Gasteiger partial charge in [-0.3, -0.25) is 4.79 Å². The molecular formula is C8H14N2O5. The first-order chi connectivity index (χ1) is 7.13. The molecule has 0 aromatic carbocycles. The molecule has 0 aromatic heterocycles. The van der Waals surface area contributed by atoms with Crippen molar-refractivity contribution in [1.29, 1.82) is 0 Å². The van der Waals surface area contributed by atoms with Crippen LogP contribution >= 0.6 is 0 Å². The van der Waals surface area contributed by atoms with E-state index in [9.17, 15) is 9.59 Å². The van der Waals surface area contributed by atoms with Crippen LogP contribution < -0.4 is 5.32 Å². The normalized spacial score (nSPS) is 21.1. The number of ether oxygens (including phenoxy) is 1. The van der Waals surface area contributed by atoms with Gasteiger partial charge >= 0.3 is 6.09 Å². The van der Waals surface area contributed by atoms with E-state index in [2.05, 4.69) is 5.32 Å². The van der Waals surface area contributed by atoms with Crippen LogP contribution in [0.4, 0.5) is 4.79 Å². The van der Waals surface area contributed by atoms with Crippen LogP contribution in [0.1, 0.15) is 0 Å². The first-order valence-electron chi connectivity index (χ1n) is 4.60. The monoisotopic (exact) mass is 218 g/mol.